The van der Waals surface area contributed by atoms with Crippen LogP contribution in [-0.4, -0.2) is 137 Å². The number of phenolic OH excluding ortho intramolecular Hbond substituents is 2. The van der Waals surface area contributed by atoms with Gasteiger partial charge in [-0.1, -0.05) is 96.7 Å². The molecule has 142 heavy (non-hydrogen) atoms. The van der Waals surface area contributed by atoms with Crippen LogP contribution in [0.25, 0.3) is 0 Å². The lowest BCUT2D eigenvalue weighted by Gasteiger charge is -2.27. The van der Waals surface area contributed by atoms with Crippen LogP contribution in [0.3, 0.4) is 0 Å². The zero-order chi connectivity index (χ0) is 104. The van der Waals surface area contributed by atoms with Gasteiger partial charge >= 0.3 is 42.2 Å². The standard InChI is InChI=1S/C19H21N3O6.C17H19N3O4.C16H16ClN3O6.C14H12FN3O4.C13H9Cl2N3O4.C13H11N3O4/c1-3-4-11-28-18(23)13-5-7-14(8-6-13)20-19(24)21-16-10-9-15(22(25)26)12-17(16)27-2;1-12(2)19(13-7-5-4-6-8-13)17(21)18-15-10-9-14(20(22)23)11-16(15)24-3;1-24-13-8-15(26-3)12(7-10(13)17)19-16(21)18-11-5-4-9(20(22)23)6-14(11)25-2;1-22-13-8-9(18(20)21)6-7-12(13)17-14(19)16-11-5-3-2-4-10(11)15;14-7-1-3-9(15)11(5-7)17-13(20)16-10-4-2-8(18(21)22)6-12(10)19;17-12-8-10(16(19)20)6-7-11(12)15-13(18)14-9-4-2-1-3-5-9/h5-10,12H,3-4,11H2,1-2H3,(H2,20,21,24);4-12H,1-3H3,(H,18,21);4-8H,1-3H3,(H2,18,19,21);2-8H,1H3,(H2,16,17,19);1-6,19H,(H2,16,17,20);1-8,17H,(H2,14,15,18). The number of carbonyl (C=O) groups excluding carboxylic acids is 7. The Kier molecular flexibility index (Phi) is 42.6. The van der Waals surface area contributed by atoms with E-state index in [0.29, 0.717) is 51.4 Å². The average Bonchev–Trinajstić information content (AvgIpc) is 0.821. The smallest absolute Gasteiger partial charge is 0.338 e. The Hall–Kier alpha value is -18.7. The number of amides is 12. The van der Waals surface area contributed by atoms with Crippen molar-refractivity contribution in [3.8, 4) is 46.0 Å². The van der Waals surface area contributed by atoms with Gasteiger partial charge in [-0.15, -0.1) is 0 Å². The summed E-state index contributed by atoms with van der Waals surface area (Å²) in [6, 6.07) is 56.2. The number of halogens is 4. The maximum atomic E-state index is 13.4. The average molecular weight is 2020 g/mol. The van der Waals surface area contributed by atoms with Gasteiger partial charge in [0.1, 0.15) is 51.8 Å². The monoisotopic (exact) mass is 2020 g/mol. The highest BCUT2D eigenvalue weighted by Gasteiger charge is 2.25. The number of ether oxygens (including phenoxy) is 7. The molecule has 0 atom stereocenters. The predicted molar refractivity (Wildman–Crippen MR) is 530 cm³/mol. The fraction of sp³-hybridized carbons (Fsp3) is 0.141. The van der Waals surface area contributed by atoms with Gasteiger partial charge in [-0.05, 0) is 142 Å². The van der Waals surface area contributed by atoms with Crippen molar-refractivity contribution >= 4 is 179 Å². The number of nitro benzene ring substituents is 6. The van der Waals surface area contributed by atoms with Gasteiger partial charge in [0.15, 0.2) is 0 Å². The molecule has 0 saturated heterocycles. The molecule has 12 aromatic rings. The minimum atomic E-state index is -0.697. The number of rotatable bonds is 29. The molecule has 0 radical (unpaired) electrons. The van der Waals surface area contributed by atoms with Crippen LogP contribution in [0.5, 0.6) is 46.0 Å². The van der Waals surface area contributed by atoms with Gasteiger partial charge in [-0.2, -0.15) is 0 Å². The molecular formula is C92H88Cl3FN18O28. The number of aromatic hydroxyl groups is 2. The van der Waals surface area contributed by atoms with Gasteiger partial charge in [0.2, 0.25) is 0 Å². The van der Waals surface area contributed by atoms with Crippen LogP contribution in [0.2, 0.25) is 15.1 Å². The summed E-state index contributed by atoms with van der Waals surface area (Å²) in [5.74, 6) is -0.392. The molecule has 50 heteroatoms. The summed E-state index contributed by atoms with van der Waals surface area (Å²) >= 11 is 17.8. The van der Waals surface area contributed by atoms with Crippen LogP contribution in [0.15, 0.2) is 249 Å². The van der Waals surface area contributed by atoms with Gasteiger partial charge in [0.25, 0.3) is 34.1 Å². The first-order chi connectivity index (χ1) is 67.7. The molecule has 0 aromatic heterocycles. The minimum absolute atomic E-state index is 0.0147. The Bertz CT molecular complexity index is 6550. The molecule has 13 N–H and O–H groups in total. The number of hydrogen-bond acceptors (Lipinski definition) is 28. The second kappa shape index (κ2) is 54.8. The fourth-order valence-electron chi connectivity index (χ4n) is 11.6. The number of urea groups is 6. The van der Waals surface area contributed by atoms with Crippen LogP contribution < -0.4 is 91.8 Å². The van der Waals surface area contributed by atoms with Gasteiger partial charge in [0.05, 0.1) is 182 Å². The lowest BCUT2D eigenvalue weighted by molar-refractivity contribution is -0.385. The summed E-state index contributed by atoms with van der Waals surface area (Å²) in [5.41, 5.74) is 2.92. The predicted octanol–water partition coefficient (Wildman–Crippen LogP) is 22.8. The lowest BCUT2D eigenvalue weighted by Crippen LogP contribution is -2.40. The topological polar surface area (TPSA) is 619 Å². The van der Waals surface area contributed by atoms with E-state index in [1.807, 2.05) is 57.2 Å². The van der Waals surface area contributed by atoms with E-state index in [2.05, 4.69) is 58.5 Å². The number of nitrogens with one attached hydrogen (secondary N) is 11. The maximum Gasteiger partial charge on any atom is 0.338 e. The summed E-state index contributed by atoms with van der Waals surface area (Å²) in [4.78, 5) is 147. The first-order valence-corrected chi connectivity index (χ1v) is 42.1. The SMILES string of the molecule is CCCCOC(=O)c1ccc(NC(=O)Nc2ccc([N+](=O)[O-])cc2OC)cc1.COc1cc(OC)c(NC(=O)Nc2ccc([N+](=O)[O-])cc2OC)cc1Cl.COc1cc([N+](=O)[O-])ccc1NC(=O)N(c1ccccc1)C(C)C.COc1cc([N+](=O)[O-])ccc1NC(=O)Nc1ccccc1F.O=C(Nc1ccc([N+](=O)[O-])cc1O)Nc1cc(Cl)ccc1Cl.O=C(Nc1ccccc1)Nc1ccc([N+](=O)[O-])cc1O. The van der Waals surface area contributed by atoms with Crippen molar-refractivity contribution in [3.05, 3.63) is 336 Å². The molecule has 12 aromatic carbocycles. The van der Waals surface area contributed by atoms with E-state index >= 15 is 0 Å². The van der Waals surface area contributed by atoms with E-state index < -0.39 is 77.2 Å². The Morgan fingerprint density at radius 1 is 0.345 bits per heavy atom. The van der Waals surface area contributed by atoms with Crippen LogP contribution >= 0.6 is 34.8 Å². The third kappa shape index (κ3) is 34.3. The Balaban J connectivity index is 0.000000232. The highest BCUT2D eigenvalue weighted by molar-refractivity contribution is 6.36. The van der Waals surface area contributed by atoms with Gasteiger partial charge < -0.3 is 102 Å². The molecule has 12 amide bonds. The Morgan fingerprint density at radius 3 is 1.06 bits per heavy atom. The summed E-state index contributed by atoms with van der Waals surface area (Å²) < 4.78 is 49.1. The number of benzene rings is 12. The van der Waals surface area contributed by atoms with Crippen molar-refractivity contribution in [3.63, 3.8) is 0 Å². The number of para-hydroxylation sites is 3. The van der Waals surface area contributed by atoms with Gasteiger partial charge in [-0.3, -0.25) is 65.6 Å². The van der Waals surface area contributed by atoms with Crippen molar-refractivity contribution in [2.45, 2.75) is 39.7 Å². The molecule has 0 spiro atoms. The molecule has 46 nitrogen and oxygen atoms in total. The van der Waals surface area contributed by atoms with Gasteiger partial charge in [0, 0.05) is 70.6 Å². The first-order valence-electron chi connectivity index (χ1n) is 40.9. The summed E-state index contributed by atoms with van der Waals surface area (Å²) in [7, 11) is 8.30. The number of unbranched alkanes of at least 4 members (excludes halogenated alkanes) is 1. The summed E-state index contributed by atoms with van der Waals surface area (Å²) in [6.07, 6.45) is 1.74. The zero-order valence-electron chi connectivity index (χ0n) is 76.0. The Labute approximate surface area is 820 Å². The molecule has 0 aliphatic carbocycles. The number of esters is 1. The molecule has 0 unspecified atom stereocenters. The van der Waals surface area contributed by atoms with Crippen molar-refractivity contribution in [2.75, 3.05) is 113 Å². The quantitative estimate of drug-likeness (QED) is 0.00681. The summed E-state index contributed by atoms with van der Waals surface area (Å²) in [5, 5.41) is 112. The van der Waals surface area contributed by atoms with Crippen molar-refractivity contribution in [1.82, 2.24) is 0 Å². The second-order valence-electron chi connectivity index (χ2n) is 28.3. The Morgan fingerprint density at radius 2 is 0.676 bits per heavy atom. The zero-order valence-corrected chi connectivity index (χ0v) is 78.3. The number of methoxy groups -OCH3 is 6. The fourth-order valence-corrected chi connectivity index (χ4v) is 12.2. The van der Waals surface area contributed by atoms with Gasteiger partial charge in [-0.25, -0.2) is 38.0 Å². The first kappa shape index (κ1) is 110. The minimum Gasteiger partial charge on any atom is -0.506 e. The molecule has 12 rings (SSSR count). The number of nitro groups is 6. The van der Waals surface area contributed by atoms with E-state index in [-0.39, 0.29) is 125 Å². The van der Waals surface area contributed by atoms with Crippen LogP contribution in [0.4, 0.5) is 136 Å². The molecule has 0 aliphatic heterocycles. The molecule has 0 saturated carbocycles. The molecule has 0 heterocycles. The molecule has 742 valence electrons. The normalized spacial score (nSPS) is 10.0. The largest absolute Gasteiger partial charge is 0.506 e. The van der Waals surface area contributed by atoms with E-state index in [9.17, 15) is 109 Å². The third-order valence-electron chi connectivity index (χ3n) is 18.4. The highest BCUT2D eigenvalue weighted by atomic mass is 35.5. The van der Waals surface area contributed by atoms with Crippen molar-refractivity contribution in [1.29, 1.82) is 0 Å². The molecule has 0 fully saturated rings. The number of hydrogen-bond donors (Lipinski definition) is 13. The van der Waals surface area contributed by atoms with Crippen LogP contribution in [-0.2, 0) is 4.74 Å². The maximum absolute atomic E-state index is 13.4. The van der Waals surface area contributed by atoms with E-state index in [1.54, 1.807) is 65.6 Å². The third-order valence-corrected chi connectivity index (χ3v) is 19.2. The van der Waals surface area contributed by atoms with Crippen molar-refractivity contribution in [2.24, 2.45) is 0 Å². The highest BCUT2D eigenvalue weighted by Crippen LogP contribution is 2.39. The number of phenols is 2. The van der Waals surface area contributed by atoms with Crippen LogP contribution in [0.1, 0.15) is 44.0 Å². The summed E-state index contributed by atoms with van der Waals surface area (Å²) in [6.45, 7) is 6.18. The molecule has 0 bridgehead atoms. The van der Waals surface area contributed by atoms with E-state index in [1.165, 1.54) is 176 Å². The molecule has 0 aliphatic rings. The number of nitrogens with zero attached hydrogens (tertiary/aromatic N) is 7. The van der Waals surface area contributed by atoms with E-state index in [0.717, 1.165) is 36.7 Å². The lowest BCUT2D eigenvalue weighted by atomic mass is 10.2. The van der Waals surface area contributed by atoms with Crippen LogP contribution in [0, 0.1) is 66.5 Å². The molecular weight excluding hydrogens is 1930 g/mol. The van der Waals surface area contributed by atoms with E-state index in [4.69, 9.17) is 68.0 Å². The number of carbonyl (C=O) groups is 7. The number of non-ortho nitro benzene ring substituents is 6. The second-order valence-corrected chi connectivity index (χ2v) is 29.6. The number of anilines is 12. The van der Waals surface area contributed by atoms with Crippen molar-refractivity contribution < 1.29 is 111 Å².